The number of benzene rings is 3. The number of halogens is 1. The third-order valence-corrected chi connectivity index (χ3v) is 6.41. The lowest BCUT2D eigenvalue weighted by Gasteiger charge is -2.19. The second-order valence-electron chi connectivity index (χ2n) is 6.69. The van der Waals surface area contributed by atoms with Gasteiger partial charge in [0.2, 0.25) is 15.9 Å². The van der Waals surface area contributed by atoms with Crippen molar-refractivity contribution in [2.24, 2.45) is 0 Å². The van der Waals surface area contributed by atoms with Crippen molar-refractivity contribution < 1.29 is 23.1 Å². The average Bonchev–Trinajstić information content (AvgIpc) is 2.74. The van der Waals surface area contributed by atoms with E-state index >= 15 is 0 Å². The predicted molar refractivity (Wildman–Crippen MR) is 120 cm³/mol. The fraction of sp³-hybridized carbons (Fsp3) is 0.0909. The monoisotopic (exact) mass is 502 g/mol. The van der Waals surface area contributed by atoms with Gasteiger partial charge in [0.1, 0.15) is 6.04 Å². The van der Waals surface area contributed by atoms with Gasteiger partial charge in [-0.05, 0) is 54.4 Å². The Labute approximate surface area is 188 Å². The number of anilines is 1. The summed E-state index contributed by atoms with van der Waals surface area (Å²) in [6.07, 6.45) is 0.112. The van der Waals surface area contributed by atoms with Crippen molar-refractivity contribution in [2.45, 2.75) is 17.4 Å². The zero-order valence-electron chi connectivity index (χ0n) is 16.2. The van der Waals surface area contributed by atoms with Gasteiger partial charge in [-0.25, -0.2) is 13.2 Å². The first kappa shape index (κ1) is 22.7. The third-order valence-electron chi connectivity index (χ3n) is 4.40. The maximum absolute atomic E-state index is 13.0. The molecule has 0 aliphatic carbocycles. The molecular formula is C22H19BrN2O5S. The normalized spacial score (nSPS) is 12.2. The summed E-state index contributed by atoms with van der Waals surface area (Å²) in [5, 5.41) is 11.7. The van der Waals surface area contributed by atoms with Gasteiger partial charge in [-0.15, -0.1) is 0 Å². The van der Waals surface area contributed by atoms with Gasteiger partial charge in [0.15, 0.2) is 0 Å². The summed E-state index contributed by atoms with van der Waals surface area (Å²) in [7, 11) is -3.98. The van der Waals surface area contributed by atoms with Gasteiger partial charge in [-0.1, -0.05) is 52.3 Å². The van der Waals surface area contributed by atoms with E-state index < -0.39 is 27.9 Å². The Bertz CT molecular complexity index is 1180. The zero-order chi connectivity index (χ0) is 22.4. The molecule has 3 aromatic rings. The summed E-state index contributed by atoms with van der Waals surface area (Å²) in [5.74, 6) is -1.74. The number of sulfonamides is 1. The lowest BCUT2D eigenvalue weighted by molar-refractivity contribution is -0.117. The molecule has 160 valence electrons. The summed E-state index contributed by atoms with van der Waals surface area (Å²) in [5.41, 5.74) is 1.03. The van der Waals surface area contributed by atoms with Crippen LogP contribution in [0.1, 0.15) is 15.9 Å². The van der Waals surface area contributed by atoms with E-state index in [2.05, 4.69) is 26.0 Å². The summed E-state index contributed by atoms with van der Waals surface area (Å²) in [4.78, 5) is 24.2. The number of aromatic carboxylic acids is 1. The summed E-state index contributed by atoms with van der Waals surface area (Å²) >= 11 is 3.26. The van der Waals surface area contributed by atoms with Crippen LogP contribution >= 0.6 is 15.9 Å². The van der Waals surface area contributed by atoms with Crippen LogP contribution in [-0.2, 0) is 21.2 Å². The molecule has 3 rings (SSSR count). The highest BCUT2D eigenvalue weighted by Crippen LogP contribution is 2.17. The van der Waals surface area contributed by atoms with E-state index in [1.165, 1.54) is 36.4 Å². The van der Waals surface area contributed by atoms with Gasteiger partial charge in [0, 0.05) is 10.2 Å². The fourth-order valence-corrected chi connectivity index (χ4v) is 4.33. The number of nitrogens with one attached hydrogen (secondary N) is 2. The lowest BCUT2D eigenvalue weighted by atomic mass is 10.1. The highest BCUT2D eigenvalue weighted by molar-refractivity contribution is 9.10. The molecule has 0 heterocycles. The molecule has 1 unspecified atom stereocenters. The first-order valence-electron chi connectivity index (χ1n) is 9.20. The molecule has 0 bridgehead atoms. The van der Waals surface area contributed by atoms with Crippen LogP contribution in [-0.4, -0.2) is 31.4 Å². The Hall–Kier alpha value is -3.01. The predicted octanol–water partition coefficient (Wildman–Crippen LogP) is 3.68. The van der Waals surface area contributed by atoms with E-state index in [1.807, 2.05) is 6.07 Å². The number of carboxylic acid groups (broad SMARTS) is 1. The molecule has 0 aliphatic rings. The van der Waals surface area contributed by atoms with Crippen molar-refractivity contribution >= 4 is 43.5 Å². The van der Waals surface area contributed by atoms with Gasteiger partial charge >= 0.3 is 5.97 Å². The first-order valence-corrected chi connectivity index (χ1v) is 11.5. The Balaban J connectivity index is 1.86. The number of carbonyl (C=O) groups is 2. The molecule has 31 heavy (non-hydrogen) atoms. The van der Waals surface area contributed by atoms with Gasteiger partial charge in [-0.3, -0.25) is 4.79 Å². The third kappa shape index (κ3) is 6.24. The second kappa shape index (κ2) is 9.86. The maximum Gasteiger partial charge on any atom is 0.335 e. The van der Waals surface area contributed by atoms with Crippen LogP contribution in [0.2, 0.25) is 0 Å². The van der Waals surface area contributed by atoms with Crippen molar-refractivity contribution in [3.8, 4) is 0 Å². The van der Waals surface area contributed by atoms with Crippen LogP contribution in [0.3, 0.4) is 0 Å². The zero-order valence-corrected chi connectivity index (χ0v) is 18.6. The van der Waals surface area contributed by atoms with E-state index in [0.29, 0.717) is 0 Å². The minimum absolute atomic E-state index is 0.00727. The molecule has 0 saturated heterocycles. The molecule has 7 nitrogen and oxygen atoms in total. The van der Waals surface area contributed by atoms with E-state index in [0.717, 1.165) is 10.0 Å². The highest BCUT2D eigenvalue weighted by Gasteiger charge is 2.26. The van der Waals surface area contributed by atoms with Gasteiger partial charge in [-0.2, -0.15) is 4.72 Å². The van der Waals surface area contributed by atoms with Crippen molar-refractivity contribution in [2.75, 3.05) is 5.32 Å². The lowest BCUT2D eigenvalue weighted by Crippen LogP contribution is -2.45. The Morgan fingerprint density at radius 2 is 1.61 bits per heavy atom. The van der Waals surface area contributed by atoms with Crippen molar-refractivity contribution in [3.05, 3.63) is 94.5 Å². The number of rotatable bonds is 8. The largest absolute Gasteiger partial charge is 0.478 e. The summed E-state index contributed by atoms with van der Waals surface area (Å²) in [6, 6.07) is 19.7. The molecule has 1 amide bonds. The molecule has 3 N–H and O–H groups in total. The second-order valence-corrected chi connectivity index (χ2v) is 9.32. The fourth-order valence-electron chi connectivity index (χ4n) is 2.87. The highest BCUT2D eigenvalue weighted by atomic mass is 79.9. The molecule has 1 atom stereocenters. The van der Waals surface area contributed by atoms with Crippen LogP contribution in [0, 0.1) is 0 Å². The minimum Gasteiger partial charge on any atom is -0.478 e. The van der Waals surface area contributed by atoms with Crippen LogP contribution < -0.4 is 10.0 Å². The molecule has 0 fully saturated rings. The topological polar surface area (TPSA) is 113 Å². The molecule has 0 spiro atoms. The minimum atomic E-state index is -3.98. The molecule has 0 radical (unpaired) electrons. The first-order chi connectivity index (χ1) is 14.7. The van der Waals surface area contributed by atoms with Crippen LogP contribution in [0.25, 0.3) is 0 Å². The van der Waals surface area contributed by atoms with E-state index in [1.54, 1.807) is 36.4 Å². The molecule has 9 heteroatoms. The molecule has 0 saturated carbocycles. The van der Waals surface area contributed by atoms with Crippen LogP contribution in [0.5, 0.6) is 0 Å². The summed E-state index contributed by atoms with van der Waals surface area (Å²) < 4.78 is 28.9. The number of carbonyl (C=O) groups excluding carboxylic acids is 1. The van der Waals surface area contributed by atoms with Gasteiger partial charge in [0.25, 0.3) is 0 Å². The molecular weight excluding hydrogens is 484 g/mol. The smallest absolute Gasteiger partial charge is 0.335 e. The Morgan fingerprint density at radius 3 is 2.26 bits per heavy atom. The van der Waals surface area contributed by atoms with Crippen LogP contribution in [0.4, 0.5) is 5.69 Å². The average molecular weight is 503 g/mol. The Kier molecular flexibility index (Phi) is 7.21. The quantitative estimate of drug-likeness (QED) is 0.434. The standard InChI is InChI=1S/C22H19BrN2O5S/c23-17-9-11-19(12-10-17)31(29,30)25-20(13-15-5-2-1-3-6-15)21(26)24-18-8-4-7-16(14-18)22(27)28/h1-12,14,20,25H,13H2,(H,24,26)(H,27,28). The molecule has 0 aliphatic heterocycles. The molecule has 3 aromatic carbocycles. The van der Waals surface area contributed by atoms with E-state index in [-0.39, 0.29) is 22.6 Å². The van der Waals surface area contributed by atoms with Gasteiger partial charge < -0.3 is 10.4 Å². The summed E-state index contributed by atoms with van der Waals surface area (Å²) in [6.45, 7) is 0. The Morgan fingerprint density at radius 1 is 0.935 bits per heavy atom. The molecule has 0 aromatic heterocycles. The van der Waals surface area contributed by atoms with Crippen molar-refractivity contribution in [3.63, 3.8) is 0 Å². The van der Waals surface area contributed by atoms with E-state index in [4.69, 9.17) is 5.11 Å². The number of hydrogen-bond acceptors (Lipinski definition) is 4. The maximum atomic E-state index is 13.0. The number of amides is 1. The van der Waals surface area contributed by atoms with Crippen LogP contribution in [0.15, 0.2) is 88.2 Å². The van der Waals surface area contributed by atoms with E-state index in [9.17, 15) is 18.0 Å². The van der Waals surface area contributed by atoms with Gasteiger partial charge in [0.05, 0.1) is 10.5 Å². The SMILES string of the molecule is O=C(O)c1cccc(NC(=O)C(Cc2ccccc2)NS(=O)(=O)c2ccc(Br)cc2)c1. The number of carboxylic acids is 1. The van der Waals surface area contributed by atoms with Crippen molar-refractivity contribution in [1.82, 2.24) is 4.72 Å². The number of hydrogen-bond donors (Lipinski definition) is 3. The van der Waals surface area contributed by atoms with Crippen molar-refractivity contribution in [1.29, 1.82) is 0 Å².